The number of rotatable bonds is 7. The standard InChI is InChI=1S/C20H22F3N3O4/c1-29-16-5-2-14(3-6-16)19(25-8-10-30-11-9-25)13-24-17-7-4-15(20(21,22)23)12-18(17)26(27)28/h2-7,12,19,24H,8-11,13H2,1H3/t19-/m0/s1. The van der Waals surface area contributed by atoms with Gasteiger partial charge >= 0.3 is 6.18 Å². The Morgan fingerprint density at radius 1 is 1.20 bits per heavy atom. The summed E-state index contributed by atoms with van der Waals surface area (Å²) in [5.74, 6) is 0.700. The predicted molar refractivity (Wildman–Crippen MR) is 105 cm³/mol. The molecule has 1 atom stereocenters. The van der Waals surface area contributed by atoms with Crippen LogP contribution in [0.5, 0.6) is 5.75 Å². The second-order valence-corrected chi connectivity index (χ2v) is 6.80. The lowest BCUT2D eigenvalue weighted by molar-refractivity contribution is -0.384. The average molecular weight is 425 g/mol. The second kappa shape index (κ2) is 9.31. The number of anilines is 1. The smallest absolute Gasteiger partial charge is 0.416 e. The van der Waals surface area contributed by atoms with E-state index in [9.17, 15) is 23.3 Å². The van der Waals surface area contributed by atoms with Gasteiger partial charge in [0.1, 0.15) is 11.4 Å². The Bertz CT molecular complexity index is 869. The van der Waals surface area contributed by atoms with Gasteiger partial charge in [-0.15, -0.1) is 0 Å². The van der Waals surface area contributed by atoms with Crippen LogP contribution in [-0.2, 0) is 10.9 Å². The zero-order chi connectivity index (χ0) is 21.7. The predicted octanol–water partition coefficient (Wildman–Crippen LogP) is 4.11. The van der Waals surface area contributed by atoms with Crippen molar-refractivity contribution in [2.24, 2.45) is 0 Å². The van der Waals surface area contributed by atoms with Gasteiger partial charge in [0.2, 0.25) is 0 Å². The third kappa shape index (κ3) is 5.19. The van der Waals surface area contributed by atoms with Crippen LogP contribution in [0.1, 0.15) is 17.2 Å². The van der Waals surface area contributed by atoms with Crippen molar-refractivity contribution >= 4 is 11.4 Å². The van der Waals surface area contributed by atoms with Crippen molar-refractivity contribution in [3.63, 3.8) is 0 Å². The average Bonchev–Trinajstić information content (AvgIpc) is 2.74. The van der Waals surface area contributed by atoms with Gasteiger partial charge in [0.05, 0.1) is 36.9 Å². The maximum absolute atomic E-state index is 12.9. The minimum atomic E-state index is -4.65. The van der Waals surface area contributed by atoms with Crippen molar-refractivity contribution in [2.75, 3.05) is 45.3 Å². The summed E-state index contributed by atoms with van der Waals surface area (Å²) in [5, 5.41) is 14.3. The highest BCUT2D eigenvalue weighted by Crippen LogP contribution is 2.35. The monoisotopic (exact) mass is 425 g/mol. The van der Waals surface area contributed by atoms with Crippen LogP contribution in [0, 0.1) is 10.1 Å². The Balaban J connectivity index is 1.85. The van der Waals surface area contributed by atoms with Gasteiger partial charge in [-0.25, -0.2) is 0 Å². The van der Waals surface area contributed by atoms with Gasteiger partial charge < -0.3 is 14.8 Å². The molecule has 0 aromatic heterocycles. The van der Waals surface area contributed by atoms with Crippen molar-refractivity contribution in [2.45, 2.75) is 12.2 Å². The SMILES string of the molecule is COc1ccc([C@H](CNc2ccc(C(F)(F)F)cc2[N+](=O)[O-])N2CCOCC2)cc1. The van der Waals surface area contributed by atoms with Gasteiger partial charge in [0.25, 0.3) is 5.69 Å². The van der Waals surface area contributed by atoms with Gasteiger partial charge in [-0.2, -0.15) is 13.2 Å². The summed E-state index contributed by atoms with van der Waals surface area (Å²) in [5.41, 5.74) is -0.667. The number of nitro benzene ring substituents is 1. The van der Waals surface area contributed by atoms with E-state index in [0.717, 1.165) is 17.7 Å². The highest BCUT2D eigenvalue weighted by molar-refractivity contribution is 5.63. The lowest BCUT2D eigenvalue weighted by Gasteiger charge is -2.35. The molecule has 3 rings (SSSR count). The first-order valence-corrected chi connectivity index (χ1v) is 9.35. The molecular formula is C20H22F3N3O4. The van der Waals surface area contributed by atoms with E-state index in [1.807, 2.05) is 24.3 Å². The fraction of sp³-hybridized carbons (Fsp3) is 0.400. The molecule has 2 aromatic rings. The van der Waals surface area contributed by atoms with Gasteiger partial charge in [-0.1, -0.05) is 12.1 Å². The number of nitrogens with one attached hydrogen (secondary N) is 1. The molecule has 0 spiro atoms. The first-order chi connectivity index (χ1) is 14.3. The lowest BCUT2D eigenvalue weighted by Crippen LogP contribution is -2.41. The van der Waals surface area contributed by atoms with Crippen LogP contribution >= 0.6 is 0 Å². The molecule has 0 saturated carbocycles. The summed E-state index contributed by atoms with van der Waals surface area (Å²) < 4.78 is 49.4. The molecule has 10 heteroatoms. The van der Waals surface area contributed by atoms with Crippen LogP contribution in [-0.4, -0.2) is 49.8 Å². The number of alkyl halides is 3. The van der Waals surface area contributed by atoms with Crippen molar-refractivity contribution in [3.8, 4) is 5.75 Å². The number of benzene rings is 2. The molecule has 0 aliphatic carbocycles. The Morgan fingerprint density at radius 2 is 1.87 bits per heavy atom. The first-order valence-electron chi connectivity index (χ1n) is 9.35. The number of methoxy groups -OCH3 is 1. The number of hydrogen-bond donors (Lipinski definition) is 1. The minimum absolute atomic E-state index is 0.0415. The molecule has 162 valence electrons. The molecule has 0 amide bonds. The maximum atomic E-state index is 12.9. The summed E-state index contributed by atoms with van der Waals surface area (Å²) in [4.78, 5) is 12.7. The summed E-state index contributed by atoms with van der Waals surface area (Å²) in [7, 11) is 1.57. The number of nitrogens with zero attached hydrogens (tertiary/aromatic N) is 2. The number of hydrogen-bond acceptors (Lipinski definition) is 6. The Labute approximate surface area is 171 Å². The Morgan fingerprint density at radius 3 is 2.43 bits per heavy atom. The topological polar surface area (TPSA) is 76.9 Å². The number of ether oxygens (including phenoxy) is 2. The van der Waals surface area contributed by atoms with Gasteiger partial charge in [-0.05, 0) is 29.8 Å². The van der Waals surface area contributed by atoms with Gasteiger partial charge in [0, 0.05) is 25.7 Å². The van der Waals surface area contributed by atoms with E-state index in [1.165, 1.54) is 0 Å². The van der Waals surface area contributed by atoms with Crippen molar-refractivity contribution in [1.29, 1.82) is 0 Å². The van der Waals surface area contributed by atoms with Gasteiger partial charge in [0.15, 0.2) is 0 Å². The summed E-state index contributed by atoms with van der Waals surface area (Å²) in [6.07, 6.45) is -4.65. The van der Waals surface area contributed by atoms with E-state index in [0.29, 0.717) is 38.1 Å². The molecule has 2 aromatic carbocycles. The minimum Gasteiger partial charge on any atom is -0.497 e. The highest BCUT2D eigenvalue weighted by Gasteiger charge is 2.33. The third-order valence-corrected chi connectivity index (χ3v) is 4.99. The van der Waals surface area contributed by atoms with Crippen molar-refractivity contribution in [3.05, 3.63) is 63.7 Å². The van der Waals surface area contributed by atoms with E-state index in [4.69, 9.17) is 9.47 Å². The van der Waals surface area contributed by atoms with E-state index < -0.39 is 22.4 Å². The van der Waals surface area contributed by atoms with Crippen LogP contribution in [0.15, 0.2) is 42.5 Å². The zero-order valence-electron chi connectivity index (χ0n) is 16.3. The molecular weight excluding hydrogens is 403 g/mol. The molecule has 0 unspecified atom stereocenters. The van der Waals surface area contributed by atoms with Crippen LogP contribution < -0.4 is 10.1 Å². The van der Waals surface area contributed by atoms with Crippen molar-refractivity contribution < 1.29 is 27.6 Å². The largest absolute Gasteiger partial charge is 0.497 e. The van der Waals surface area contributed by atoms with Crippen molar-refractivity contribution in [1.82, 2.24) is 4.90 Å². The van der Waals surface area contributed by atoms with Crippen LogP contribution in [0.2, 0.25) is 0 Å². The molecule has 7 nitrogen and oxygen atoms in total. The Hall–Kier alpha value is -2.85. The molecule has 1 aliphatic rings. The quantitative estimate of drug-likeness (QED) is 0.532. The van der Waals surface area contributed by atoms with E-state index in [2.05, 4.69) is 10.2 Å². The number of halogens is 3. The second-order valence-electron chi connectivity index (χ2n) is 6.80. The lowest BCUT2D eigenvalue weighted by atomic mass is 10.0. The number of morpholine rings is 1. The highest BCUT2D eigenvalue weighted by atomic mass is 19.4. The fourth-order valence-corrected chi connectivity index (χ4v) is 3.39. The Kier molecular flexibility index (Phi) is 6.78. The normalized spacial score (nSPS) is 16.1. The summed E-state index contributed by atoms with van der Waals surface area (Å²) in [6.45, 7) is 2.75. The zero-order valence-corrected chi connectivity index (χ0v) is 16.3. The molecule has 1 saturated heterocycles. The third-order valence-electron chi connectivity index (χ3n) is 4.99. The fourth-order valence-electron chi connectivity index (χ4n) is 3.39. The molecule has 30 heavy (non-hydrogen) atoms. The van der Waals surface area contributed by atoms with Crippen LogP contribution in [0.3, 0.4) is 0 Å². The first kappa shape index (κ1) is 21.8. The molecule has 0 radical (unpaired) electrons. The van der Waals surface area contributed by atoms with Crippen LogP contribution in [0.25, 0.3) is 0 Å². The molecule has 1 aliphatic heterocycles. The summed E-state index contributed by atoms with van der Waals surface area (Å²) in [6, 6.07) is 9.80. The maximum Gasteiger partial charge on any atom is 0.416 e. The van der Waals surface area contributed by atoms with E-state index in [1.54, 1.807) is 7.11 Å². The molecule has 1 N–H and O–H groups in total. The van der Waals surface area contributed by atoms with Crippen LogP contribution in [0.4, 0.5) is 24.5 Å². The molecule has 1 fully saturated rings. The van der Waals surface area contributed by atoms with E-state index in [-0.39, 0.29) is 18.3 Å². The molecule has 1 heterocycles. The number of nitro groups is 1. The molecule has 0 bridgehead atoms. The summed E-state index contributed by atoms with van der Waals surface area (Å²) >= 11 is 0. The van der Waals surface area contributed by atoms with E-state index >= 15 is 0 Å². The van der Waals surface area contributed by atoms with Gasteiger partial charge in [-0.3, -0.25) is 15.0 Å².